The van der Waals surface area contributed by atoms with Crippen molar-refractivity contribution in [3.63, 3.8) is 0 Å². The fraction of sp³-hybridized carbons (Fsp3) is 0.278. The van der Waals surface area contributed by atoms with Crippen LogP contribution in [0.3, 0.4) is 0 Å². The fourth-order valence-electron chi connectivity index (χ4n) is 3.06. The summed E-state index contributed by atoms with van der Waals surface area (Å²) in [6, 6.07) is 6.43. The molecule has 7 nitrogen and oxygen atoms in total. The molecule has 8 heteroatoms. The lowest BCUT2D eigenvalue weighted by atomic mass is 10.1. The van der Waals surface area contributed by atoms with Crippen LogP contribution in [-0.2, 0) is 11.3 Å². The topological polar surface area (TPSA) is 91.6 Å². The van der Waals surface area contributed by atoms with Crippen molar-refractivity contribution in [1.29, 1.82) is 0 Å². The third kappa shape index (κ3) is 3.30. The Labute approximate surface area is 148 Å². The summed E-state index contributed by atoms with van der Waals surface area (Å²) >= 11 is 0. The molecule has 136 valence electrons. The van der Waals surface area contributed by atoms with Crippen LogP contribution in [0.25, 0.3) is 0 Å². The summed E-state index contributed by atoms with van der Waals surface area (Å²) in [7, 11) is 1.51. The van der Waals surface area contributed by atoms with Gasteiger partial charge in [0, 0.05) is 38.8 Å². The van der Waals surface area contributed by atoms with Crippen molar-refractivity contribution in [2.24, 2.45) is 0 Å². The largest absolute Gasteiger partial charge is 0.503 e. The zero-order valence-electron chi connectivity index (χ0n) is 14.1. The third-order valence-corrected chi connectivity index (χ3v) is 4.40. The summed E-state index contributed by atoms with van der Waals surface area (Å²) in [5.41, 5.74) is -0.101. The maximum atomic E-state index is 13.1. The minimum atomic E-state index is -0.660. The van der Waals surface area contributed by atoms with Crippen LogP contribution in [0.4, 0.5) is 4.39 Å². The van der Waals surface area contributed by atoms with E-state index in [2.05, 4.69) is 5.32 Å². The summed E-state index contributed by atoms with van der Waals surface area (Å²) in [6.07, 6.45) is 1.50. The van der Waals surface area contributed by atoms with E-state index in [4.69, 9.17) is 0 Å². The molecule has 2 N–H and O–H groups in total. The highest BCUT2D eigenvalue weighted by Crippen LogP contribution is 2.28. The molecule has 1 atom stereocenters. The lowest BCUT2D eigenvalue weighted by Gasteiger charge is -2.36. The maximum absolute atomic E-state index is 13.1. The number of hydrogen-bond acceptors (Lipinski definition) is 4. The number of hydrogen-bond donors (Lipinski definition) is 2. The van der Waals surface area contributed by atoms with Gasteiger partial charge in [-0.3, -0.25) is 14.4 Å². The van der Waals surface area contributed by atoms with Crippen LogP contribution in [0.15, 0.2) is 41.3 Å². The first-order valence-corrected chi connectivity index (χ1v) is 8.09. The predicted molar refractivity (Wildman–Crippen MR) is 91.2 cm³/mol. The van der Waals surface area contributed by atoms with Gasteiger partial charge in [-0.1, -0.05) is 12.1 Å². The number of nitrogens with one attached hydrogen (secondary N) is 1. The average molecular weight is 359 g/mol. The van der Waals surface area contributed by atoms with E-state index in [1.165, 1.54) is 40.9 Å². The van der Waals surface area contributed by atoms with Gasteiger partial charge >= 0.3 is 0 Å². The molecule has 0 saturated carbocycles. The lowest BCUT2D eigenvalue weighted by Crippen LogP contribution is -2.45. The monoisotopic (exact) mass is 359 g/mol. The van der Waals surface area contributed by atoms with E-state index < -0.39 is 23.1 Å². The van der Waals surface area contributed by atoms with Gasteiger partial charge in [0.1, 0.15) is 5.82 Å². The second-order valence-corrected chi connectivity index (χ2v) is 6.13. The van der Waals surface area contributed by atoms with E-state index in [0.717, 1.165) is 0 Å². The van der Waals surface area contributed by atoms with Gasteiger partial charge in [-0.25, -0.2) is 4.39 Å². The number of aromatic hydroxyl groups is 1. The molecule has 2 aromatic rings. The van der Waals surface area contributed by atoms with E-state index in [1.54, 1.807) is 12.1 Å². The molecule has 0 spiro atoms. The Kier molecular flexibility index (Phi) is 4.75. The first kappa shape index (κ1) is 17.7. The molecule has 1 unspecified atom stereocenters. The number of fused-ring (bicyclic) bond motifs is 1. The number of carbonyl (C=O) groups is 2. The summed E-state index contributed by atoms with van der Waals surface area (Å²) in [6.45, 7) is 0.394. The molecular weight excluding hydrogens is 341 g/mol. The second kappa shape index (κ2) is 6.99. The molecule has 0 radical (unpaired) electrons. The summed E-state index contributed by atoms with van der Waals surface area (Å²) in [5, 5.41) is 12.6. The van der Waals surface area contributed by atoms with Gasteiger partial charge in [-0.05, 0) is 17.7 Å². The molecule has 1 aromatic carbocycles. The van der Waals surface area contributed by atoms with Crippen molar-refractivity contribution in [3.8, 4) is 5.75 Å². The van der Waals surface area contributed by atoms with Crippen LogP contribution >= 0.6 is 0 Å². The van der Waals surface area contributed by atoms with Gasteiger partial charge in [0.2, 0.25) is 11.3 Å². The highest BCUT2D eigenvalue weighted by atomic mass is 19.1. The van der Waals surface area contributed by atoms with Gasteiger partial charge in [0.25, 0.3) is 5.91 Å². The Morgan fingerprint density at radius 2 is 1.96 bits per heavy atom. The number of carbonyl (C=O) groups excluding carboxylic acids is 2. The average Bonchev–Trinajstić information content (AvgIpc) is 2.63. The first-order chi connectivity index (χ1) is 12.4. The van der Waals surface area contributed by atoms with Gasteiger partial charge in [0.05, 0.1) is 6.04 Å². The smallest absolute Gasteiger partial charge is 0.274 e. The van der Waals surface area contributed by atoms with Crippen LogP contribution < -0.4 is 10.7 Å². The van der Waals surface area contributed by atoms with Crippen molar-refractivity contribution in [2.75, 3.05) is 13.6 Å². The summed E-state index contributed by atoms with van der Waals surface area (Å²) in [5.74, 6) is -1.76. The summed E-state index contributed by atoms with van der Waals surface area (Å²) < 4.78 is 14.6. The number of amides is 2. The van der Waals surface area contributed by atoms with Crippen molar-refractivity contribution in [2.45, 2.75) is 19.0 Å². The molecule has 26 heavy (non-hydrogen) atoms. The van der Waals surface area contributed by atoms with E-state index in [9.17, 15) is 23.9 Å². The molecule has 0 aliphatic carbocycles. The highest BCUT2D eigenvalue weighted by molar-refractivity contribution is 5.96. The third-order valence-electron chi connectivity index (χ3n) is 4.40. The molecule has 1 aliphatic rings. The molecular formula is C18H18FN3O4. The Morgan fingerprint density at radius 3 is 2.62 bits per heavy atom. The van der Waals surface area contributed by atoms with Gasteiger partial charge in [-0.15, -0.1) is 0 Å². The standard InChI is InChI=1S/C18H18FN3O4/c1-20-15(24)8-13-10-21(9-11-2-4-12(19)5-3-11)18(26)16-17(25)14(23)6-7-22(13)16/h2-7,13,25H,8-10H2,1H3,(H,20,24). The lowest BCUT2D eigenvalue weighted by molar-refractivity contribution is -0.121. The first-order valence-electron chi connectivity index (χ1n) is 8.09. The molecule has 3 rings (SSSR count). The minimum absolute atomic E-state index is 0.0823. The maximum Gasteiger partial charge on any atom is 0.274 e. The van der Waals surface area contributed by atoms with Crippen LogP contribution in [0.2, 0.25) is 0 Å². The Bertz CT molecular complexity index is 908. The zero-order valence-corrected chi connectivity index (χ0v) is 14.1. The fourth-order valence-corrected chi connectivity index (χ4v) is 3.06. The van der Waals surface area contributed by atoms with Gasteiger partial charge in [-0.2, -0.15) is 0 Å². The molecule has 1 aliphatic heterocycles. The Morgan fingerprint density at radius 1 is 1.27 bits per heavy atom. The van der Waals surface area contributed by atoms with Crippen LogP contribution in [0, 0.1) is 5.82 Å². The SMILES string of the molecule is CNC(=O)CC1CN(Cc2ccc(F)cc2)C(=O)c2c(O)c(=O)ccn21. The van der Waals surface area contributed by atoms with E-state index in [-0.39, 0.29) is 36.9 Å². The molecule has 0 bridgehead atoms. The predicted octanol–water partition coefficient (Wildman–Crippen LogP) is 1.03. The molecule has 0 fully saturated rings. The van der Waals surface area contributed by atoms with Crippen LogP contribution in [-0.4, -0.2) is 40.0 Å². The van der Waals surface area contributed by atoms with Crippen LogP contribution in [0.1, 0.15) is 28.5 Å². The van der Waals surface area contributed by atoms with E-state index in [1.807, 2.05) is 0 Å². The minimum Gasteiger partial charge on any atom is -0.503 e. The molecule has 2 amide bonds. The van der Waals surface area contributed by atoms with Crippen molar-refractivity contribution >= 4 is 11.8 Å². The second-order valence-electron chi connectivity index (χ2n) is 6.13. The zero-order chi connectivity index (χ0) is 18.8. The quantitative estimate of drug-likeness (QED) is 0.853. The van der Waals surface area contributed by atoms with Gasteiger partial charge in [0.15, 0.2) is 11.4 Å². The molecule has 0 saturated heterocycles. The van der Waals surface area contributed by atoms with E-state index in [0.29, 0.717) is 5.56 Å². The van der Waals surface area contributed by atoms with Gasteiger partial charge < -0.3 is 19.9 Å². The Balaban J connectivity index is 1.98. The number of aromatic nitrogens is 1. The Hall–Kier alpha value is -3.16. The van der Waals surface area contributed by atoms with E-state index >= 15 is 0 Å². The number of pyridine rings is 1. The molecule has 2 heterocycles. The van der Waals surface area contributed by atoms with Crippen molar-refractivity contribution < 1.29 is 19.1 Å². The number of benzene rings is 1. The van der Waals surface area contributed by atoms with Crippen molar-refractivity contribution in [1.82, 2.24) is 14.8 Å². The number of halogens is 1. The van der Waals surface area contributed by atoms with Crippen LogP contribution in [0.5, 0.6) is 5.75 Å². The number of rotatable bonds is 4. The molecule has 1 aromatic heterocycles. The normalized spacial score (nSPS) is 16.3. The van der Waals surface area contributed by atoms with Crippen molar-refractivity contribution in [3.05, 3.63) is 63.8 Å². The number of nitrogens with zero attached hydrogens (tertiary/aromatic N) is 2. The highest BCUT2D eigenvalue weighted by Gasteiger charge is 2.34. The summed E-state index contributed by atoms with van der Waals surface area (Å²) in [4.78, 5) is 37.8.